The standard InChI is InChI=1S/C28H28N2O5/c1-17(13-26(31)30-19-12-11-18(2)24(14-19)27(32)33)15-29-28(34)35-16-25-22-9-5-3-7-20(22)21-8-4-6-10-23(21)25/h3-12,14,17,25H,13,15-16H2,1-2H3,(H,29,34)(H,30,31)(H,32,33). The average Bonchev–Trinajstić information content (AvgIpc) is 3.16. The fourth-order valence-electron chi connectivity index (χ4n) is 4.44. The number of rotatable bonds is 8. The van der Waals surface area contributed by atoms with E-state index in [4.69, 9.17) is 4.74 Å². The molecule has 0 aliphatic heterocycles. The van der Waals surface area contributed by atoms with Gasteiger partial charge in [-0.2, -0.15) is 0 Å². The number of anilines is 1. The summed E-state index contributed by atoms with van der Waals surface area (Å²) in [5.41, 5.74) is 5.82. The van der Waals surface area contributed by atoms with E-state index in [0.717, 1.165) is 11.1 Å². The number of aryl methyl sites for hydroxylation is 1. The van der Waals surface area contributed by atoms with Crippen molar-refractivity contribution in [3.63, 3.8) is 0 Å². The number of alkyl carbamates (subject to hydrolysis) is 1. The fourth-order valence-corrected chi connectivity index (χ4v) is 4.44. The van der Waals surface area contributed by atoms with Crippen LogP contribution in [-0.4, -0.2) is 36.2 Å². The van der Waals surface area contributed by atoms with E-state index < -0.39 is 12.1 Å². The Morgan fingerprint density at radius 2 is 1.60 bits per heavy atom. The van der Waals surface area contributed by atoms with Gasteiger partial charge in [-0.1, -0.05) is 61.5 Å². The van der Waals surface area contributed by atoms with E-state index in [1.54, 1.807) is 19.1 Å². The SMILES string of the molecule is Cc1ccc(NC(=O)CC(C)CNC(=O)OCC2c3ccccc3-c3ccccc32)cc1C(=O)O. The first-order valence-corrected chi connectivity index (χ1v) is 11.6. The van der Waals surface area contributed by atoms with Gasteiger partial charge in [0.2, 0.25) is 5.91 Å². The summed E-state index contributed by atoms with van der Waals surface area (Å²) < 4.78 is 5.53. The number of amides is 2. The van der Waals surface area contributed by atoms with Crippen LogP contribution in [0.1, 0.15) is 46.3 Å². The first-order valence-electron chi connectivity index (χ1n) is 11.6. The molecule has 3 N–H and O–H groups in total. The molecule has 0 radical (unpaired) electrons. The molecule has 0 fully saturated rings. The molecule has 0 aromatic heterocycles. The smallest absolute Gasteiger partial charge is 0.407 e. The van der Waals surface area contributed by atoms with Gasteiger partial charge >= 0.3 is 12.1 Å². The van der Waals surface area contributed by atoms with Crippen molar-refractivity contribution in [3.05, 3.63) is 89.0 Å². The molecular weight excluding hydrogens is 444 g/mol. The number of ether oxygens (including phenoxy) is 1. The second kappa shape index (κ2) is 10.4. The van der Waals surface area contributed by atoms with Crippen LogP contribution in [0.25, 0.3) is 11.1 Å². The fraction of sp³-hybridized carbons (Fsp3) is 0.250. The third-order valence-corrected chi connectivity index (χ3v) is 6.22. The zero-order chi connectivity index (χ0) is 24.9. The summed E-state index contributed by atoms with van der Waals surface area (Å²) in [6, 6.07) is 21.0. The van der Waals surface area contributed by atoms with Gasteiger partial charge in [0.15, 0.2) is 0 Å². The monoisotopic (exact) mass is 472 g/mol. The lowest BCUT2D eigenvalue weighted by molar-refractivity contribution is -0.116. The maximum absolute atomic E-state index is 12.4. The molecule has 0 saturated heterocycles. The Morgan fingerprint density at radius 1 is 0.971 bits per heavy atom. The highest BCUT2D eigenvalue weighted by Gasteiger charge is 2.29. The summed E-state index contributed by atoms with van der Waals surface area (Å²) in [5, 5.41) is 14.7. The number of aromatic carboxylic acids is 1. The van der Waals surface area contributed by atoms with Crippen molar-refractivity contribution in [3.8, 4) is 11.1 Å². The summed E-state index contributed by atoms with van der Waals surface area (Å²) in [4.78, 5) is 36.0. The van der Waals surface area contributed by atoms with Crippen LogP contribution in [0.3, 0.4) is 0 Å². The van der Waals surface area contributed by atoms with Gasteiger partial charge in [0.05, 0.1) is 5.56 Å². The maximum atomic E-state index is 12.4. The van der Waals surface area contributed by atoms with Crippen LogP contribution in [0, 0.1) is 12.8 Å². The summed E-state index contributed by atoms with van der Waals surface area (Å²) in [7, 11) is 0. The number of hydrogen-bond donors (Lipinski definition) is 3. The molecule has 180 valence electrons. The molecule has 2 amide bonds. The zero-order valence-corrected chi connectivity index (χ0v) is 19.7. The molecule has 35 heavy (non-hydrogen) atoms. The highest BCUT2D eigenvalue weighted by atomic mass is 16.5. The minimum Gasteiger partial charge on any atom is -0.478 e. The van der Waals surface area contributed by atoms with E-state index in [0.29, 0.717) is 11.3 Å². The lowest BCUT2D eigenvalue weighted by Gasteiger charge is -2.16. The van der Waals surface area contributed by atoms with Crippen molar-refractivity contribution in [2.45, 2.75) is 26.2 Å². The minimum atomic E-state index is -1.04. The van der Waals surface area contributed by atoms with E-state index >= 15 is 0 Å². The van der Waals surface area contributed by atoms with E-state index in [-0.39, 0.29) is 42.9 Å². The van der Waals surface area contributed by atoms with Crippen LogP contribution in [0.5, 0.6) is 0 Å². The van der Waals surface area contributed by atoms with Gasteiger partial charge in [-0.25, -0.2) is 9.59 Å². The Balaban J connectivity index is 1.25. The molecule has 1 aliphatic rings. The Hall–Kier alpha value is -4.13. The highest BCUT2D eigenvalue weighted by molar-refractivity contribution is 5.94. The first kappa shape index (κ1) is 24.0. The normalized spacial score (nSPS) is 12.9. The number of carboxylic acids is 1. The third kappa shape index (κ3) is 5.51. The van der Waals surface area contributed by atoms with E-state index in [9.17, 15) is 19.5 Å². The lowest BCUT2D eigenvalue weighted by Crippen LogP contribution is -2.31. The molecule has 3 aromatic rings. The third-order valence-electron chi connectivity index (χ3n) is 6.22. The van der Waals surface area contributed by atoms with Crippen LogP contribution >= 0.6 is 0 Å². The molecule has 7 heteroatoms. The molecule has 0 bridgehead atoms. The van der Waals surface area contributed by atoms with Gasteiger partial charge in [-0.3, -0.25) is 4.79 Å². The Bertz CT molecular complexity index is 1220. The van der Waals surface area contributed by atoms with Gasteiger partial charge in [0, 0.05) is 24.6 Å². The topological polar surface area (TPSA) is 105 Å². The van der Waals surface area contributed by atoms with E-state index in [1.165, 1.54) is 17.2 Å². The second-order valence-corrected chi connectivity index (χ2v) is 8.90. The molecular formula is C28H28N2O5. The van der Waals surface area contributed by atoms with Crippen LogP contribution in [0.2, 0.25) is 0 Å². The molecule has 3 aromatic carbocycles. The number of carbonyl (C=O) groups excluding carboxylic acids is 2. The molecule has 1 unspecified atom stereocenters. The number of carboxylic acid groups (broad SMARTS) is 1. The number of benzene rings is 3. The average molecular weight is 473 g/mol. The van der Waals surface area contributed by atoms with Crippen LogP contribution < -0.4 is 10.6 Å². The van der Waals surface area contributed by atoms with Crippen molar-refractivity contribution in [1.29, 1.82) is 0 Å². The quantitative estimate of drug-likeness (QED) is 0.418. The highest BCUT2D eigenvalue weighted by Crippen LogP contribution is 2.44. The van der Waals surface area contributed by atoms with E-state index in [2.05, 4.69) is 34.9 Å². The van der Waals surface area contributed by atoms with Gasteiger partial charge in [0.25, 0.3) is 0 Å². The molecule has 7 nitrogen and oxygen atoms in total. The molecule has 0 spiro atoms. The maximum Gasteiger partial charge on any atom is 0.407 e. The van der Waals surface area contributed by atoms with E-state index in [1.807, 2.05) is 31.2 Å². The number of nitrogens with one attached hydrogen (secondary N) is 2. The largest absolute Gasteiger partial charge is 0.478 e. The predicted molar refractivity (Wildman–Crippen MR) is 134 cm³/mol. The number of fused-ring (bicyclic) bond motifs is 3. The van der Waals surface area contributed by atoms with Crippen molar-refractivity contribution >= 4 is 23.7 Å². The van der Waals surface area contributed by atoms with Crippen LogP contribution in [0.15, 0.2) is 66.7 Å². The number of carbonyl (C=O) groups is 3. The lowest BCUT2D eigenvalue weighted by atomic mass is 9.98. The van der Waals surface area contributed by atoms with Gasteiger partial charge < -0.3 is 20.5 Å². The molecule has 1 aliphatic carbocycles. The molecule has 0 saturated carbocycles. The van der Waals surface area contributed by atoms with Crippen LogP contribution in [0.4, 0.5) is 10.5 Å². The molecule has 1 atom stereocenters. The first-order chi connectivity index (χ1) is 16.8. The van der Waals surface area contributed by atoms with Crippen molar-refractivity contribution in [2.24, 2.45) is 5.92 Å². The van der Waals surface area contributed by atoms with Crippen molar-refractivity contribution in [2.75, 3.05) is 18.5 Å². The van der Waals surface area contributed by atoms with Gasteiger partial charge in [-0.15, -0.1) is 0 Å². The van der Waals surface area contributed by atoms with Gasteiger partial charge in [0.1, 0.15) is 6.61 Å². The van der Waals surface area contributed by atoms with Crippen molar-refractivity contribution < 1.29 is 24.2 Å². The molecule has 0 heterocycles. The predicted octanol–water partition coefficient (Wildman–Crippen LogP) is 5.20. The number of hydrogen-bond acceptors (Lipinski definition) is 4. The molecule has 4 rings (SSSR count). The summed E-state index contributed by atoms with van der Waals surface area (Å²) in [5.74, 6) is -1.45. The minimum absolute atomic E-state index is 0.0125. The van der Waals surface area contributed by atoms with Gasteiger partial charge in [-0.05, 0) is 52.8 Å². The Kier molecular flexibility index (Phi) is 7.15. The Morgan fingerprint density at radius 3 is 2.23 bits per heavy atom. The summed E-state index contributed by atoms with van der Waals surface area (Å²) in [6.45, 7) is 4.06. The van der Waals surface area contributed by atoms with Crippen molar-refractivity contribution in [1.82, 2.24) is 5.32 Å². The van der Waals surface area contributed by atoms with Crippen LogP contribution in [-0.2, 0) is 9.53 Å². The summed E-state index contributed by atoms with van der Waals surface area (Å²) >= 11 is 0. The second-order valence-electron chi connectivity index (χ2n) is 8.90. The summed E-state index contributed by atoms with van der Waals surface area (Å²) in [6.07, 6.45) is -0.358. The zero-order valence-electron chi connectivity index (χ0n) is 19.7. The Labute approximate surface area is 204 Å².